The van der Waals surface area contributed by atoms with Gasteiger partial charge >= 0.3 is 114 Å². The fourth-order valence-corrected chi connectivity index (χ4v) is 2.59. The fourth-order valence-electron chi connectivity index (χ4n) is 2.02. The molecule has 5 nitrogen and oxygen atoms in total. The summed E-state index contributed by atoms with van der Waals surface area (Å²) in [7, 11) is 0. The molecule has 0 bridgehead atoms. The Morgan fingerprint density at radius 3 is 2.61 bits per heavy atom. The SMILES string of the molecule is Nc1ccc(O)cc1C=CC(=O)Nc1ccc(CC(O)[AsH2])cc1. The molecule has 0 fully saturated rings. The maximum absolute atomic E-state index is 11.9. The Bertz CT molecular complexity index is 712. The summed E-state index contributed by atoms with van der Waals surface area (Å²) in [6.07, 6.45) is 3.51. The van der Waals surface area contributed by atoms with Crippen LogP contribution in [0, 0.1) is 0 Å². The summed E-state index contributed by atoms with van der Waals surface area (Å²) in [6, 6.07) is 11.9. The van der Waals surface area contributed by atoms with E-state index >= 15 is 0 Å². The predicted molar refractivity (Wildman–Crippen MR) is 94.9 cm³/mol. The molecule has 0 saturated heterocycles. The van der Waals surface area contributed by atoms with E-state index in [1.54, 1.807) is 24.3 Å². The molecular formula is C17H19AsN2O3. The molecule has 0 saturated carbocycles. The quantitative estimate of drug-likeness (QED) is 0.273. The van der Waals surface area contributed by atoms with Crippen LogP contribution in [0.1, 0.15) is 11.1 Å². The number of carbonyl (C=O) groups is 1. The van der Waals surface area contributed by atoms with E-state index in [2.05, 4.69) is 5.32 Å². The zero-order valence-electron chi connectivity index (χ0n) is 12.4. The van der Waals surface area contributed by atoms with Crippen molar-refractivity contribution >= 4 is 40.2 Å². The molecule has 2 rings (SSSR count). The first-order chi connectivity index (χ1) is 10.9. The van der Waals surface area contributed by atoms with Gasteiger partial charge in [-0.15, -0.1) is 0 Å². The monoisotopic (exact) mass is 374 g/mol. The van der Waals surface area contributed by atoms with Crippen LogP contribution in [0.15, 0.2) is 48.5 Å². The van der Waals surface area contributed by atoms with Crippen molar-refractivity contribution in [2.24, 2.45) is 0 Å². The summed E-state index contributed by atoms with van der Waals surface area (Å²) >= 11 is 1.28. The molecule has 1 amide bonds. The van der Waals surface area contributed by atoms with Gasteiger partial charge < -0.3 is 10.8 Å². The number of aliphatic hydroxyl groups excluding tert-OH is 1. The number of nitrogen functional groups attached to an aromatic ring is 1. The average molecular weight is 374 g/mol. The summed E-state index contributed by atoms with van der Waals surface area (Å²) in [6.45, 7) is 0. The first-order valence-corrected chi connectivity index (χ1v) is 8.44. The van der Waals surface area contributed by atoms with E-state index < -0.39 is 0 Å². The number of nitrogens with two attached hydrogens (primary N) is 1. The molecule has 0 radical (unpaired) electrons. The Morgan fingerprint density at radius 1 is 1.26 bits per heavy atom. The van der Waals surface area contributed by atoms with Crippen LogP contribution >= 0.6 is 0 Å². The number of amides is 1. The molecule has 0 heterocycles. The van der Waals surface area contributed by atoms with Gasteiger partial charge in [-0.3, -0.25) is 0 Å². The van der Waals surface area contributed by atoms with Gasteiger partial charge in [0.15, 0.2) is 0 Å². The number of phenols is 1. The van der Waals surface area contributed by atoms with E-state index in [9.17, 15) is 15.0 Å². The molecule has 0 aliphatic rings. The Labute approximate surface area is 143 Å². The number of hydrogen-bond acceptors (Lipinski definition) is 4. The topological polar surface area (TPSA) is 95.6 Å². The first kappa shape index (κ1) is 17.1. The van der Waals surface area contributed by atoms with Gasteiger partial charge in [0.05, 0.1) is 0 Å². The van der Waals surface area contributed by atoms with Crippen LogP contribution in [0.3, 0.4) is 0 Å². The molecule has 0 aromatic heterocycles. The van der Waals surface area contributed by atoms with E-state index in [0.29, 0.717) is 23.4 Å². The van der Waals surface area contributed by atoms with Crippen molar-refractivity contribution in [1.29, 1.82) is 0 Å². The molecule has 0 spiro atoms. The number of aliphatic hydroxyl groups is 1. The van der Waals surface area contributed by atoms with Crippen LogP contribution < -0.4 is 11.1 Å². The van der Waals surface area contributed by atoms with Crippen LogP contribution in [0.4, 0.5) is 11.4 Å². The third kappa shape index (κ3) is 5.47. The summed E-state index contributed by atoms with van der Waals surface area (Å²) in [5, 5.41) is 21.5. The van der Waals surface area contributed by atoms with Gasteiger partial charge in [0.25, 0.3) is 0 Å². The second-order valence-electron chi connectivity index (χ2n) is 5.10. The van der Waals surface area contributed by atoms with Crippen molar-refractivity contribution in [1.82, 2.24) is 0 Å². The van der Waals surface area contributed by atoms with E-state index in [1.165, 1.54) is 35.1 Å². The van der Waals surface area contributed by atoms with Crippen molar-refractivity contribution in [3.8, 4) is 5.75 Å². The zero-order chi connectivity index (χ0) is 16.8. The third-order valence-electron chi connectivity index (χ3n) is 3.15. The predicted octanol–water partition coefficient (Wildman–Crippen LogP) is 1.12. The Morgan fingerprint density at radius 2 is 1.96 bits per heavy atom. The second-order valence-corrected chi connectivity index (χ2v) is 6.72. The molecule has 5 N–H and O–H groups in total. The summed E-state index contributed by atoms with van der Waals surface area (Å²) < 4.78 is 0. The van der Waals surface area contributed by atoms with Crippen LogP contribution in [-0.2, 0) is 11.2 Å². The number of phenolic OH excluding ortho intramolecular Hbond substituents is 1. The Kier molecular flexibility index (Phi) is 5.85. The molecule has 2 aromatic rings. The molecule has 23 heavy (non-hydrogen) atoms. The number of rotatable bonds is 5. The number of hydrogen-bond donors (Lipinski definition) is 4. The maximum atomic E-state index is 11.9. The number of benzene rings is 2. The van der Waals surface area contributed by atoms with Crippen LogP contribution in [0.5, 0.6) is 5.75 Å². The van der Waals surface area contributed by atoms with Crippen molar-refractivity contribution in [2.75, 3.05) is 11.1 Å². The van der Waals surface area contributed by atoms with Crippen LogP contribution in [0.25, 0.3) is 6.08 Å². The second kappa shape index (κ2) is 7.86. The Balaban J connectivity index is 1.99. The average Bonchev–Trinajstić information content (AvgIpc) is 2.50. The first-order valence-electron chi connectivity index (χ1n) is 7.04. The van der Waals surface area contributed by atoms with Gasteiger partial charge in [-0.1, -0.05) is 0 Å². The van der Waals surface area contributed by atoms with Crippen LogP contribution in [-0.4, -0.2) is 37.9 Å². The van der Waals surface area contributed by atoms with Crippen molar-refractivity contribution in [3.05, 3.63) is 59.7 Å². The van der Waals surface area contributed by atoms with Crippen molar-refractivity contribution < 1.29 is 15.0 Å². The van der Waals surface area contributed by atoms with Crippen LogP contribution in [0.2, 0.25) is 0 Å². The van der Waals surface area contributed by atoms with Gasteiger partial charge in [0, 0.05) is 0 Å². The fraction of sp³-hybridized carbons (Fsp3) is 0.118. The van der Waals surface area contributed by atoms with E-state index in [1.807, 2.05) is 12.1 Å². The molecule has 2 unspecified atom stereocenters. The minimum atomic E-state index is -0.335. The molecule has 120 valence electrons. The molecule has 2 atom stereocenters. The molecule has 6 heteroatoms. The third-order valence-corrected chi connectivity index (χ3v) is 3.65. The van der Waals surface area contributed by atoms with Gasteiger partial charge in [-0.05, 0) is 12.1 Å². The molecule has 0 aliphatic heterocycles. The molecular weight excluding hydrogens is 355 g/mol. The van der Waals surface area contributed by atoms with Crippen molar-refractivity contribution in [2.45, 2.75) is 11.3 Å². The van der Waals surface area contributed by atoms with Crippen molar-refractivity contribution in [3.63, 3.8) is 0 Å². The summed E-state index contributed by atoms with van der Waals surface area (Å²) in [5.74, 6) is -0.200. The molecule has 2 aromatic carbocycles. The van der Waals surface area contributed by atoms with Gasteiger partial charge in [0.1, 0.15) is 5.75 Å². The van der Waals surface area contributed by atoms with E-state index in [-0.39, 0.29) is 16.5 Å². The number of aromatic hydroxyl groups is 1. The van der Waals surface area contributed by atoms with E-state index in [4.69, 9.17) is 5.73 Å². The Hall–Kier alpha value is -2.23. The standard InChI is InChI=1S/C17H19AsN2O3/c18-16(22)9-11-1-4-13(5-2-11)20-17(23)8-3-12-10-14(21)6-7-15(12)19/h1-8,10,16,21-22H,9,18-19H2,(H,20,23). The van der Waals surface area contributed by atoms with Gasteiger partial charge in [-0.25, -0.2) is 0 Å². The number of carbonyl (C=O) groups excluding carboxylic acids is 1. The van der Waals surface area contributed by atoms with Gasteiger partial charge in [0.2, 0.25) is 0 Å². The van der Waals surface area contributed by atoms with E-state index in [0.717, 1.165) is 5.56 Å². The zero-order valence-corrected chi connectivity index (χ0v) is 14.9. The summed E-state index contributed by atoms with van der Waals surface area (Å²) in [4.78, 5) is 11.6. The number of nitrogens with one attached hydrogen (secondary N) is 1. The number of anilines is 2. The molecule has 0 aliphatic carbocycles. The minimum absolute atomic E-state index is 0.0920. The normalized spacial score (nSPS) is 12.3. The van der Waals surface area contributed by atoms with Gasteiger partial charge in [-0.2, -0.15) is 0 Å². The summed E-state index contributed by atoms with van der Waals surface area (Å²) in [5.41, 5.74) is 8.52.